The SMILES string of the molecule is Cc1ccc(/C=C2\N=C3CCCCCN3C2=O)cc1. The van der Waals surface area contributed by atoms with Crippen LogP contribution in [0.4, 0.5) is 0 Å². The monoisotopic (exact) mass is 254 g/mol. The molecular formula is C16H18N2O. The van der Waals surface area contributed by atoms with Crippen LogP contribution in [0.1, 0.15) is 36.8 Å². The Morgan fingerprint density at radius 1 is 1.16 bits per heavy atom. The van der Waals surface area contributed by atoms with Crippen LogP contribution in [0, 0.1) is 6.92 Å². The first kappa shape index (κ1) is 12.2. The van der Waals surface area contributed by atoms with Gasteiger partial charge in [-0.2, -0.15) is 0 Å². The summed E-state index contributed by atoms with van der Waals surface area (Å²) in [7, 11) is 0. The predicted molar refractivity (Wildman–Crippen MR) is 76.8 cm³/mol. The predicted octanol–water partition coefficient (Wildman–Crippen LogP) is 3.15. The second kappa shape index (κ2) is 5.00. The summed E-state index contributed by atoms with van der Waals surface area (Å²) in [6.45, 7) is 2.88. The van der Waals surface area contributed by atoms with Gasteiger partial charge in [-0.3, -0.25) is 9.69 Å². The van der Waals surface area contributed by atoms with Gasteiger partial charge in [0.25, 0.3) is 5.91 Å². The summed E-state index contributed by atoms with van der Waals surface area (Å²) in [6.07, 6.45) is 6.24. The normalized spacial score (nSPS) is 21.3. The molecule has 1 saturated heterocycles. The van der Waals surface area contributed by atoms with Crippen molar-refractivity contribution in [3.05, 3.63) is 41.1 Å². The summed E-state index contributed by atoms with van der Waals surface area (Å²) >= 11 is 0. The topological polar surface area (TPSA) is 32.7 Å². The molecule has 98 valence electrons. The van der Waals surface area contributed by atoms with Crippen LogP contribution in [0.5, 0.6) is 0 Å². The number of hydrogen-bond donors (Lipinski definition) is 0. The number of fused-ring (bicyclic) bond motifs is 1. The molecular weight excluding hydrogens is 236 g/mol. The zero-order valence-electron chi connectivity index (χ0n) is 11.2. The third kappa shape index (κ3) is 2.46. The van der Waals surface area contributed by atoms with E-state index in [1.807, 2.05) is 23.1 Å². The number of amides is 1. The highest BCUT2D eigenvalue weighted by molar-refractivity contribution is 6.14. The lowest BCUT2D eigenvalue weighted by Gasteiger charge is -2.13. The quantitative estimate of drug-likeness (QED) is 0.709. The van der Waals surface area contributed by atoms with Gasteiger partial charge in [0.1, 0.15) is 11.5 Å². The molecule has 1 fully saturated rings. The minimum absolute atomic E-state index is 0.0671. The van der Waals surface area contributed by atoms with Gasteiger partial charge in [0.15, 0.2) is 0 Å². The van der Waals surface area contributed by atoms with Crippen molar-refractivity contribution in [2.24, 2.45) is 4.99 Å². The third-order valence-electron chi connectivity index (χ3n) is 3.69. The van der Waals surface area contributed by atoms with Crippen LogP contribution < -0.4 is 0 Å². The van der Waals surface area contributed by atoms with Gasteiger partial charge >= 0.3 is 0 Å². The molecule has 1 amide bonds. The Morgan fingerprint density at radius 3 is 2.74 bits per heavy atom. The Labute approximate surface area is 113 Å². The van der Waals surface area contributed by atoms with Crippen molar-refractivity contribution in [1.82, 2.24) is 4.90 Å². The van der Waals surface area contributed by atoms with E-state index in [1.54, 1.807) is 0 Å². The second-order valence-corrected chi connectivity index (χ2v) is 5.24. The van der Waals surface area contributed by atoms with E-state index in [2.05, 4.69) is 24.0 Å². The van der Waals surface area contributed by atoms with Crippen molar-refractivity contribution in [3.63, 3.8) is 0 Å². The maximum atomic E-state index is 12.3. The van der Waals surface area contributed by atoms with Gasteiger partial charge in [-0.1, -0.05) is 36.2 Å². The Morgan fingerprint density at radius 2 is 1.95 bits per heavy atom. The average molecular weight is 254 g/mol. The van der Waals surface area contributed by atoms with Crippen molar-refractivity contribution in [3.8, 4) is 0 Å². The van der Waals surface area contributed by atoms with Crippen LogP contribution in [-0.2, 0) is 4.79 Å². The molecule has 0 unspecified atom stereocenters. The number of aryl methyl sites for hydroxylation is 1. The van der Waals surface area contributed by atoms with Crippen molar-refractivity contribution in [2.45, 2.75) is 32.6 Å². The first-order chi connectivity index (χ1) is 9.24. The molecule has 2 heterocycles. The van der Waals surface area contributed by atoms with E-state index in [0.717, 1.165) is 37.2 Å². The fourth-order valence-electron chi connectivity index (χ4n) is 2.57. The van der Waals surface area contributed by atoms with Gasteiger partial charge in [0, 0.05) is 13.0 Å². The summed E-state index contributed by atoms with van der Waals surface area (Å²) in [6, 6.07) is 8.16. The number of rotatable bonds is 1. The molecule has 2 aliphatic heterocycles. The van der Waals surface area contributed by atoms with Crippen molar-refractivity contribution >= 4 is 17.8 Å². The zero-order valence-corrected chi connectivity index (χ0v) is 11.2. The standard InChI is InChI=1S/C16H18N2O/c1-12-6-8-13(9-7-12)11-14-16(19)18-10-4-2-3-5-15(18)17-14/h6-9,11H,2-5,10H2,1H3/b14-11-. The van der Waals surface area contributed by atoms with E-state index in [4.69, 9.17) is 0 Å². The minimum Gasteiger partial charge on any atom is -0.295 e. The number of carbonyl (C=O) groups is 1. The second-order valence-electron chi connectivity index (χ2n) is 5.24. The molecule has 0 atom stereocenters. The van der Waals surface area contributed by atoms with Crippen molar-refractivity contribution in [1.29, 1.82) is 0 Å². The molecule has 1 aromatic carbocycles. The van der Waals surface area contributed by atoms with Gasteiger partial charge in [-0.15, -0.1) is 0 Å². The number of amidine groups is 1. The summed E-state index contributed by atoms with van der Waals surface area (Å²) in [5.74, 6) is 1.03. The lowest BCUT2D eigenvalue weighted by molar-refractivity contribution is -0.122. The minimum atomic E-state index is 0.0671. The Balaban J connectivity index is 1.89. The Bertz CT molecular complexity index is 555. The first-order valence-electron chi connectivity index (χ1n) is 6.92. The third-order valence-corrected chi connectivity index (χ3v) is 3.69. The number of benzene rings is 1. The number of nitrogens with zero attached hydrogens (tertiary/aromatic N) is 2. The molecule has 0 aromatic heterocycles. The van der Waals surface area contributed by atoms with Crippen LogP contribution in [0.2, 0.25) is 0 Å². The fraction of sp³-hybridized carbons (Fsp3) is 0.375. The highest BCUT2D eigenvalue weighted by Crippen LogP contribution is 2.24. The van der Waals surface area contributed by atoms with Gasteiger partial charge < -0.3 is 0 Å². The van der Waals surface area contributed by atoms with Crippen LogP contribution in [0.3, 0.4) is 0 Å². The Kier molecular flexibility index (Phi) is 3.20. The summed E-state index contributed by atoms with van der Waals surface area (Å²) in [5.41, 5.74) is 2.84. The maximum Gasteiger partial charge on any atom is 0.277 e. The highest BCUT2D eigenvalue weighted by atomic mass is 16.2. The molecule has 0 spiro atoms. The molecule has 3 rings (SSSR count). The van der Waals surface area contributed by atoms with E-state index < -0.39 is 0 Å². The van der Waals surface area contributed by atoms with E-state index in [9.17, 15) is 4.79 Å². The van der Waals surface area contributed by atoms with E-state index in [-0.39, 0.29) is 5.91 Å². The maximum absolute atomic E-state index is 12.3. The van der Waals surface area contributed by atoms with Crippen LogP contribution in [0.25, 0.3) is 6.08 Å². The molecule has 1 aromatic rings. The fourth-order valence-corrected chi connectivity index (χ4v) is 2.57. The summed E-state index contributed by atoms with van der Waals surface area (Å²) in [4.78, 5) is 18.7. The van der Waals surface area contributed by atoms with Crippen LogP contribution in [-0.4, -0.2) is 23.2 Å². The van der Waals surface area contributed by atoms with E-state index in [0.29, 0.717) is 5.70 Å². The zero-order chi connectivity index (χ0) is 13.2. The van der Waals surface area contributed by atoms with Crippen molar-refractivity contribution < 1.29 is 4.79 Å². The average Bonchev–Trinajstić information content (AvgIpc) is 2.60. The lowest BCUT2D eigenvalue weighted by atomic mass is 10.1. The molecule has 3 heteroatoms. The molecule has 3 nitrogen and oxygen atoms in total. The number of aliphatic imine (C=N–C) groups is 1. The van der Waals surface area contributed by atoms with Gasteiger partial charge in [-0.25, -0.2) is 4.99 Å². The van der Waals surface area contributed by atoms with Gasteiger partial charge in [-0.05, 0) is 31.4 Å². The molecule has 0 radical (unpaired) electrons. The van der Waals surface area contributed by atoms with Crippen molar-refractivity contribution in [2.75, 3.05) is 6.54 Å². The molecule has 0 N–H and O–H groups in total. The molecule has 0 saturated carbocycles. The molecule has 19 heavy (non-hydrogen) atoms. The smallest absolute Gasteiger partial charge is 0.277 e. The van der Waals surface area contributed by atoms with E-state index >= 15 is 0 Å². The van der Waals surface area contributed by atoms with Gasteiger partial charge in [0.2, 0.25) is 0 Å². The number of carbonyl (C=O) groups excluding carboxylic acids is 1. The highest BCUT2D eigenvalue weighted by Gasteiger charge is 2.30. The first-order valence-corrected chi connectivity index (χ1v) is 6.92. The molecule has 2 aliphatic rings. The summed E-state index contributed by atoms with van der Waals surface area (Å²) < 4.78 is 0. The Hall–Kier alpha value is -1.90. The summed E-state index contributed by atoms with van der Waals surface area (Å²) in [5, 5.41) is 0. The molecule has 0 aliphatic carbocycles. The molecule has 0 bridgehead atoms. The van der Waals surface area contributed by atoms with Crippen LogP contribution in [0.15, 0.2) is 35.0 Å². The van der Waals surface area contributed by atoms with Gasteiger partial charge in [0.05, 0.1) is 0 Å². The van der Waals surface area contributed by atoms with E-state index in [1.165, 1.54) is 12.0 Å². The van der Waals surface area contributed by atoms with Crippen LogP contribution >= 0.6 is 0 Å². The lowest BCUT2D eigenvalue weighted by Crippen LogP contribution is -2.31. The number of hydrogen-bond acceptors (Lipinski definition) is 2. The largest absolute Gasteiger partial charge is 0.295 e.